The Morgan fingerprint density at radius 1 is 1.39 bits per heavy atom. The number of carbonyl (C=O) groups is 1. The molecular weight excluding hydrogens is 230 g/mol. The number of aromatic nitrogens is 2. The number of carbonyl (C=O) groups excluding carboxylic acids is 1. The minimum Gasteiger partial charge on any atom is -0.273 e. The van der Waals surface area contributed by atoms with Gasteiger partial charge in [0.15, 0.2) is 0 Å². The van der Waals surface area contributed by atoms with E-state index >= 15 is 0 Å². The van der Waals surface area contributed by atoms with Crippen molar-refractivity contribution in [3.63, 3.8) is 0 Å². The highest BCUT2D eigenvalue weighted by molar-refractivity contribution is 5.84. The fourth-order valence-corrected chi connectivity index (χ4v) is 1.68. The Balaban J connectivity index is 2.27. The predicted molar refractivity (Wildman–Crippen MR) is 69.9 cm³/mol. The van der Waals surface area contributed by atoms with Crippen LogP contribution in [0.25, 0.3) is 10.9 Å². The van der Waals surface area contributed by atoms with Crippen molar-refractivity contribution in [2.45, 2.75) is 26.2 Å². The van der Waals surface area contributed by atoms with Crippen LogP contribution < -0.4 is 11.0 Å². The van der Waals surface area contributed by atoms with Gasteiger partial charge in [0.1, 0.15) is 6.33 Å². The van der Waals surface area contributed by atoms with E-state index in [0.717, 1.165) is 17.5 Å². The van der Waals surface area contributed by atoms with Gasteiger partial charge in [0.25, 0.3) is 5.56 Å². The summed E-state index contributed by atoms with van der Waals surface area (Å²) >= 11 is 0. The molecule has 0 aliphatic carbocycles. The lowest BCUT2D eigenvalue weighted by Crippen LogP contribution is -2.33. The molecule has 0 saturated heterocycles. The first-order valence-corrected chi connectivity index (χ1v) is 5.98. The summed E-state index contributed by atoms with van der Waals surface area (Å²) in [5.74, 6) is -0.170. The topological polar surface area (TPSA) is 64.0 Å². The van der Waals surface area contributed by atoms with Gasteiger partial charge in [0, 0.05) is 6.42 Å². The first-order chi connectivity index (χ1) is 8.72. The zero-order valence-electron chi connectivity index (χ0n) is 10.2. The molecule has 2 aromatic rings. The molecule has 0 aliphatic heterocycles. The van der Waals surface area contributed by atoms with Gasteiger partial charge in [-0.05, 0) is 18.6 Å². The number of benzene rings is 1. The zero-order chi connectivity index (χ0) is 13.0. The molecule has 1 heterocycles. The van der Waals surface area contributed by atoms with Crippen LogP contribution in [0.4, 0.5) is 0 Å². The van der Waals surface area contributed by atoms with Crippen LogP contribution in [0.5, 0.6) is 0 Å². The molecule has 0 radical (unpaired) electrons. The Bertz CT molecular complexity index is 619. The van der Waals surface area contributed by atoms with Crippen LogP contribution in [-0.2, 0) is 4.79 Å². The van der Waals surface area contributed by atoms with Crippen molar-refractivity contribution in [3.8, 4) is 0 Å². The lowest BCUT2D eigenvalue weighted by Gasteiger charge is -2.07. The third-order valence-electron chi connectivity index (χ3n) is 2.67. The van der Waals surface area contributed by atoms with Crippen molar-refractivity contribution < 1.29 is 4.79 Å². The van der Waals surface area contributed by atoms with E-state index in [2.05, 4.69) is 10.4 Å². The number of hydrogen-bond donors (Lipinski definition) is 1. The van der Waals surface area contributed by atoms with Crippen molar-refractivity contribution in [2.24, 2.45) is 0 Å². The number of hydrogen-bond acceptors (Lipinski definition) is 3. The molecule has 1 amide bonds. The SMILES string of the molecule is CCCCC(=O)Nn1cnc2ccccc2c1=O. The molecule has 0 fully saturated rings. The second-order valence-electron chi connectivity index (χ2n) is 4.08. The maximum absolute atomic E-state index is 12.0. The summed E-state index contributed by atoms with van der Waals surface area (Å²) < 4.78 is 1.14. The lowest BCUT2D eigenvalue weighted by atomic mass is 10.2. The fraction of sp³-hybridized carbons (Fsp3) is 0.308. The number of nitrogens with zero attached hydrogens (tertiary/aromatic N) is 2. The van der Waals surface area contributed by atoms with Gasteiger partial charge in [-0.1, -0.05) is 25.5 Å². The highest BCUT2D eigenvalue weighted by Crippen LogP contribution is 2.04. The zero-order valence-corrected chi connectivity index (χ0v) is 10.2. The molecule has 0 bridgehead atoms. The molecule has 0 saturated carbocycles. The van der Waals surface area contributed by atoms with E-state index in [1.807, 2.05) is 13.0 Å². The first kappa shape index (κ1) is 12.3. The third kappa shape index (κ3) is 2.56. The lowest BCUT2D eigenvalue weighted by molar-refractivity contribution is -0.117. The van der Waals surface area contributed by atoms with Gasteiger partial charge in [0.05, 0.1) is 10.9 Å². The Labute approximate surface area is 104 Å². The molecule has 1 aromatic heterocycles. The Morgan fingerprint density at radius 2 is 2.17 bits per heavy atom. The number of fused-ring (bicyclic) bond motifs is 1. The van der Waals surface area contributed by atoms with Crippen LogP contribution >= 0.6 is 0 Å². The summed E-state index contributed by atoms with van der Waals surface area (Å²) in [6.07, 6.45) is 3.50. The minimum absolute atomic E-state index is 0.170. The molecule has 2 rings (SSSR count). The molecule has 18 heavy (non-hydrogen) atoms. The van der Waals surface area contributed by atoms with Crippen molar-refractivity contribution in [1.29, 1.82) is 0 Å². The van der Waals surface area contributed by atoms with E-state index < -0.39 is 0 Å². The summed E-state index contributed by atoms with van der Waals surface area (Å²) in [6, 6.07) is 7.05. The first-order valence-electron chi connectivity index (χ1n) is 5.98. The maximum atomic E-state index is 12.0. The largest absolute Gasteiger partial charge is 0.280 e. The Hall–Kier alpha value is -2.17. The normalized spacial score (nSPS) is 10.5. The van der Waals surface area contributed by atoms with Crippen LogP contribution in [0.1, 0.15) is 26.2 Å². The van der Waals surface area contributed by atoms with Gasteiger partial charge in [-0.15, -0.1) is 0 Å². The third-order valence-corrected chi connectivity index (χ3v) is 2.67. The summed E-state index contributed by atoms with van der Waals surface area (Å²) in [5.41, 5.74) is 2.91. The molecule has 94 valence electrons. The second kappa shape index (κ2) is 5.44. The van der Waals surface area contributed by atoms with Crippen LogP contribution in [-0.4, -0.2) is 15.6 Å². The monoisotopic (exact) mass is 245 g/mol. The van der Waals surface area contributed by atoms with Gasteiger partial charge in [0.2, 0.25) is 5.91 Å². The summed E-state index contributed by atoms with van der Waals surface area (Å²) in [6.45, 7) is 2.01. The van der Waals surface area contributed by atoms with Gasteiger partial charge in [-0.25, -0.2) is 9.66 Å². The number of unbranched alkanes of at least 4 members (excludes halogenated alkanes) is 1. The van der Waals surface area contributed by atoms with Crippen molar-refractivity contribution in [2.75, 3.05) is 5.43 Å². The molecule has 0 spiro atoms. The molecule has 5 nitrogen and oxygen atoms in total. The molecular formula is C13H15N3O2. The molecule has 0 unspecified atom stereocenters. The number of rotatable bonds is 4. The average molecular weight is 245 g/mol. The smallest absolute Gasteiger partial charge is 0.273 e. The van der Waals surface area contributed by atoms with E-state index in [0.29, 0.717) is 17.3 Å². The standard InChI is InChI=1S/C13H15N3O2/c1-2-3-8-12(17)15-16-9-14-11-7-5-4-6-10(11)13(16)18/h4-7,9H,2-3,8H2,1H3,(H,15,17). The second-order valence-corrected chi connectivity index (χ2v) is 4.08. The van der Waals surface area contributed by atoms with Crippen molar-refractivity contribution in [3.05, 3.63) is 40.9 Å². The van der Waals surface area contributed by atoms with E-state index in [1.54, 1.807) is 18.2 Å². The molecule has 0 atom stereocenters. The van der Waals surface area contributed by atoms with Gasteiger partial charge in [-0.2, -0.15) is 0 Å². The highest BCUT2D eigenvalue weighted by Gasteiger charge is 2.06. The van der Waals surface area contributed by atoms with E-state index in [9.17, 15) is 9.59 Å². The van der Waals surface area contributed by atoms with E-state index in [1.165, 1.54) is 6.33 Å². The molecule has 1 aromatic carbocycles. The van der Waals surface area contributed by atoms with Crippen molar-refractivity contribution >= 4 is 16.8 Å². The van der Waals surface area contributed by atoms with E-state index in [4.69, 9.17) is 0 Å². The van der Waals surface area contributed by atoms with Crippen LogP contribution in [0.2, 0.25) is 0 Å². The van der Waals surface area contributed by atoms with Gasteiger partial charge < -0.3 is 0 Å². The quantitative estimate of drug-likeness (QED) is 0.890. The molecule has 5 heteroatoms. The van der Waals surface area contributed by atoms with Gasteiger partial charge >= 0.3 is 0 Å². The Kier molecular flexibility index (Phi) is 3.72. The number of amides is 1. The summed E-state index contributed by atoms with van der Waals surface area (Å²) in [4.78, 5) is 27.7. The van der Waals surface area contributed by atoms with Gasteiger partial charge in [-0.3, -0.25) is 15.0 Å². The number of nitrogens with one attached hydrogen (secondary N) is 1. The molecule has 1 N–H and O–H groups in total. The highest BCUT2D eigenvalue weighted by atomic mass is 16.2. The molecule has 0 aliphatic rings. The van der Waals surface area contributed by atoms with E-state index in [-0.39, 0.29) is 11.5 Å². The van der Waals surface area contributed by atoms with Crippen LogP contribution in [0, 0.1) is 0 Å². The fourth-order valence-electron chi connectivity index (χ4n) is 1.68. The number of para-hydroxylation sites is 1. The van der Waals surface area contributed by atoms with Crippen molar-refractivity contribution in [1.82, 2.24) is 9.66 Å². The Morgan fingerprint density at radius 3 is 2.94 bits per heavy atom. The average Bonchev–Trinajstić information content (AvgIpc) is 2.40. The minimum atomic E-state index is -0.259. The summed E-state index contributed by atoms with van der Waals surface area (Å²) in [7, 11) is 0. The van der Waals surface area contributed by atoms with Crippen LogP contribution in [0.3, 0.4) is 0 Å². The maximum Gasteiger partial charge on any atom is 0.280 e. The summed E-state index contributed by atoms with van der Waals surface area (Å²) in [5, 5.41) is 0.496. The van der Waals surface area contributed by atoms with Crippen LogP contribution in [0.15, 0.2) is 35.4 Å². The predicted octanol–water partition coefficient (Wildman–Crippen LogP) is 1.66.